The number of rotatable bonds is 4. The van der Waals surface area contributed by atoms with E-state index in [0.29, 0.717) is 13.0 Å². The zero-order valence-electron chi connectivity index (χ0n) is 10.7. The number of hydrogen-bond acceptors (Lipinski definition) is 3. The molecule has 0 spiro atoms. The number of nitrogens with zero attached hydrogens (tertiary/aromatic N) is 1. The largest absolute Gasteiger partial charge is 0.461 e. The summed E-state index contributed by atoms with van der Waals surface area (Å²) in [6, 6.07) is 9.78. The Hall–Kier alpha value is -1.81. The Morgan fingerprint density at radius 1 is 1.39 bits per heavy atom. The summed E-state index contributed by atoms with van der Waals surface area (Å²) in [6.45, 7) is 0.327. The number of carbonyl (C=O) groups is 1. The van der Waals surface area contributed by atoms with Gasteiger partial charge in [-0.15, -0.1) is 0 Å². The topological polar surface area (TPSA) is 59.5 Å². The zero-order valence-corrected chi connectivity index (χ0v) is 10.7. The highest BCUT2D eigenvalue weighted by Gasteiger charge is 2.20. The van der Waals surface area contributed by atoms with Gasteiger partial charge >= 0.3 is 0 Å². The maximum atomic E-state index is 11.9. The van der Waals surface area contributed by atoms with Crippen LogP contribution in [0.3, 0.4) is 0 Å². The van der Waals surface area contributed by atoms with E-state index in [1.165, 1.54) is 0 Å². The number of hydrogen-bond donors (Lipinski definition) is 1. The van der Waals surface area contributed by atoms with Crippen molar-refractivity contribution in [2.24, 2.45) is 11.7 Å². The smallest absolute Gasteiger partial charge is 0.226 e. The van der Waals surface area contributed by atoms with Crippen molar-refractivity contribution in [3.05, 3.63) is 36.1 Å². The van der Waals surface area contributed by atoms with Crippen molar-refractivity contribution >= 4 is 16.9 Å². The molecule has 0 aliphatic heterocycles. The Kier molecular flexibility index (Phi) is 3.67. The van der Waals surface area contributed by atoms with E-state index in [0.717, 1.165) is 16.7 Å². The van der Waals surface area contributed by atoms with Gasteiger partial charge in [-0.1, -0.05) is 18.2 Å². The number of nitrogens with two attached hydrogens (primary N) is 1. The molecule has 4 nitrogen and oxygen atoms in total. The van der Waals surface area contributed by atoms with Crippen molar-refractivity contribution in [1.29, 1.82) is 0 Å². The van der Waals surface area contributed by atoms with Crippen molar-refractivity contribution in [2.75, 3.05) is 20.6 Å². The Balaban J connectivity index is 2.19. The number of fused-ring (bicyclic) bond motifs is 1. The van der Waals surface area contributed by atoms with E-state index < -0.39 is 0 Å². The molecule has 18 heavy (non-hydrogen) atoms. The summed E-state index contributed by atoms with van der Waals surface area (Å²) in [5, 5.41) is 1.06. The van der Waals surface area contributed by atoms with Gasteiger partial charge < -0.3 is 15.1 Å². The summed E-state index contributed by atoms with van der Waals surface area (Å²) < 4.78 is 5.70. The molecule has 0 radical (unpaired) electrons. The SMILES string of the molecule is CN(C)C(=O)C(CN)Cc1cc2ccccc2o1. The third-order valence-corrected chi connectivity index (χ3v) is 3.00. The molecule has 2 aromatic rings. The van der Waals surface area contributed by atoms with Gasteiger partial charge in [-0.3, -0.25) is 4.79 Å². The van der Waals surface area contributed by atoms with Crippen molar-refractivity contribution in [1.82, 2.24) is 4.90 Å². The lowest BCUT2D eigenvalue weighted by Gasteiger charge is -2.17. The molecule has 2 rings (SSSR count). The third kappa shape index (κ3) is 2.54. The first-order chi connectivity index (χ1) is 8.61. The van der Waals surface area contributed by atoms with E-state index in [-0.39, 0.29) is 11.8 Å². The predicted octanol–water partition coefficient (Wildman–Crippen LogP) is 1.64. The summed E-state index contributed by atoms with van der Waals surface area (Å²) in [7, 11) is 3.48. The molecule has 0 aliphatic rings. The van der Waals surface area contributed by atoms with E-state index in [2.05, 4.69) is 0 Å². The number of furan rings is 1. The molecule has 1 heterocycles. The van der Waals surface area contributed by atoms with Crippen LogP contribution in [0.2, 0.25) is 0 Å². The second-order valence-electron chi connectivity index (χ2n) is 4.62. The van der Waals surface area contributed by atoms with E-state index in [9.17, 15) is 4.79 Å². The van der Waals surface area contributed by atoms with Crippen LogP contribution in [0.15, 0.2) is 34.7 Å². The van der Waals surface area contributed by atoms with E-state index in [4.69, 9.17) is 10.2 Å². The summed E-state index contributed by atoms with van der Waals surface area (Å²) in [4.78, 5) is 13.5. The summed E-state index contributed by atoms with van der Waals surface area (Å²) in [6.07, 6.45) is 0.544. The lowest BCUT2D eigenvalue weighted by atomic mass is 10.0. The molecule has 1 amide bonds. The molecule has 0 bridgehead atoms. The number of para-hydroxylation sites is 1. The monoisotopic (exact) mass is 246 g/mol. The Morgan fingerprint density at radius 2 is 2.11 bits per heavy atom. The molecule has 0 aliphatic carbocycles. The molecular formula is C14H18N2O2. The highest BCUT2D eigenvalue weighted by Crippen LogP contribution is 2.21. The van der Waals surface area contributed by atoms with Crippen molar-refractivity contribution in [3.8, 4) is 0 Å². The zero-order chi connectivity index (χ0) is 13.1. The molecule has 1 atom stereocenters. The summed E-state index contributed by atoms with van der Waals surface area (Å²) >= 11 is 0. The van der Waals surface area contributed by atoms with Crippen LogP contribution in [0.5, 0.6) is 0 Å². The molecule has 0 saturated carbocycles. The van der Waals surface area contributed by atoms with Crippen LogP contribution in [0.25, 0.3) is 11.0 Å². The minimum atomic E-state index is -0.222. The van der Waals surface area contributed by atoms with Crippen LogP contribution in [-0.2, 0) is 11.2 Å². The van der Waals surface area contributed by atoms with Crippen LogP contribution in [-0.4, -0.2) is 31.4 Å². The second kappa shape index (κ2) is 5.23. The molecule has 0 fully saturated rings. The van der Waals surface area contributed by atoms with E-state index in [1.54, 1.807) is 19.0 Å². The highest BCUT2D eigenvalue weighted by molar-refractivity contribution is 5.80. The maximum absolute atomic E-state index is 11.9. The lowest BCUT2D eigenvalue weighted by molar-refractivity contribution is -0.132. The van der Waals surface area contributed by atoms with Gasteiger partial charge in [0.2, 0.25) is 5.91 Å². The van der Waals surface area contributed by atoms with Crippen LogP contribution in [0.1, 0.15) is 5.76 Å². The van der Waals surface area contributed by atoms with Gasteiger partial charge in [0, 0.05) is 32.4 Å². The molecule has 0 saturated heterocycles. The standard InChI is InChI=1S/C14H18N2O2/c1-16(2)14(17)11(9-15)8-12-7-10-5-3-4-6-13(10)18-12/h3-7,11H,8-9,15H2,1-2H3. The fourth-order valence-electron chi connectivity index (χ4n) is 2.02. The Bertz CT molecular complexity index is 512. The van der Waals surface area contributed by atoms with Crippen molar-refractivity contribution in [3.63, 3.8) is 0 Å². The highest BCUT2D eigenvalue weighted by atomic mass is 16.3. The molecule has 2 N–H and O–H groups in total. The quantitative estimate of drug-likeness (QED) is 0.892. The number of carbonyl (C=O) groups excluding carboxylic acids is 1. The van der Waals surface area contributed by atoms with Gasteiger partial charge in [-0.25, -0.2) is 0 Å². The molecule has 4 heteroatoms. The Morgan fingerprint density at radius 3 is 2.72 bits per heavy atom. The molecular weight excluding hydrogens is 228 g/mol. The Labute approximate surface area is 106 Å². The predicted molar refractivity (Wildman–Crippen MR) is 71.2 cm³/mol. The van der Waals surface area contributed by atoms with E-state index >= 15 is 0 Å². The summed E-state index contributed by atoms with van der Waals surface area (Å²) in [5.41, 5.74) is 6.51. The van der Waals surface area contributed by atoms with Gasteiger partial charge in [-0.2, -0.15) is 0 Å². The molecule has 1 aromatic heterocycles. The average Bonchev–Trinajstić information content (AvgIpc) is 2.77. The average molecular weight is 246 g/mol. The van der Waals surface area contributed by atoms with Gasteiger partial charge in [0.15, 0.2) is 0 Å². The molecule has 1 aromatic carbocycles. The van der Waals surface area contributed by atoms with Crippen molar-refractivity contribution in [2.45, 2.75) is 6.42 Å². The number of amides is 1. The second-order valence-corrected chi connectivity index (χ2v) is 4.62. The van der Waals surface area contributed by atoms with E-state index in [1.807, 2.05) is 30.3 Å². The third-order valence-electron chi connectivity index (χ3n) is 3.00. The van der Waals surface area contributed by atoms with Crippen molar-refractivity contribution < 1.29 is 9.21 Å². The van der Waals surface area contributed by atoms with Gasteiger partial charge in [0.1, 0.15) is 11.3 Å². The first-order valence-corrected chi connectivity index (χ1v) is 6.00. The fourth-order valence-corrected chi connectivity index (χ4v) is 2.02. The van der Waals surface area contributed by atoms with Gasteiger partial charge in [-0.05, 0) is 12.1 Å². The minimum absolute atomic E-state index is 0.0398. The van der Waals surface area contributed by atoms with Crippen LogP contribution < -0.4 is 5.73 Å². The lowest BCUT2D eigenvalue weighted by Crippen LogP contribution is -2.35. The van der Waals surface area contributed by atoms with Gasteiger partial charge in [0.25, 0.3) is 0 Å². The summed E-state index contributed by atoms with van der Waals surface area (Å²) in [5.74, 6) is 0.625. The first-order valence-electron chi connectivity index (χ1n) is 6.00. The minimum Gasteiger partial charge on any atom is -0.461 e. The number of benzene rings is 1. The maximum Gasteiger partial charge on any atom is 0.226 e. The molecule has 96 valence electrons. The fraction of sp³-hybridized carbons (Fsp3) is 0.357. The van der Waals surface area contributed by atoms with Gasteiger partial charge in [0.05, 0.1) is 5.92 Å². The first kappa shape index (κ1) is 12.6. The molecule has 1 unspecified atom stereocenters. The van der Waals surface area contributed by atoms with Crippen LogP contribution in [0, 0.1) is 5.92 Å². The normalized spacial score (nSPS) is 12.6. The van der Waals surface area contributed by atoms with Crippen LogP contribution in [0.4, 0.5) is 0 Å². The van der Waals surface area contributed by atoms with Crippen LogP contribution >= 0.6 is 0 Å².